The molecule has 0 aliphatic carbocycles. The molecule has 0 unspecified atom stereocenters. The molecule has 0 amide bonds. The molecule has 3 nitrogen and oxygen atoms in total. The van der Waals surface area contributed by atoms with E-state index in [0.717, 1.165) is 23.3 Å². The minimum Gasteiger partial charge on any atom is -0.344 e. The van der Waals surface area contributed by atoms with Gasteiger partial charge in [-0.2, -0.15) is 0 Å². The molecule has 2 aromatic rings. The summed E-state index contributed by atoms with van der Waals surface area (Å²) in [7, 11) is 0. The Morgan fingerprint density at radius 3 is 2.92 bits per heavy atom. The van der Waals surface area contributed by atoms with Crippen LogP contribution in [-0.2, 0) is 6.42 Å². The van der Waals surface area contributed by atoms with Crippen molar-refractivity contribution in [3.63, 3.8) is 0 Å². The number of aromatic amines is 1. The van der Waals surface area contributed by atoms with Gasteiger partial charge in [0.1, 0.15) is 5.65 Å². The van der Waals surface area contributed by atoms with Crippen LogP contribution >= 0.6 is 0 Å². The van der Waals surface area contributed by atoms with Crippen molar-refractivity contribution in [3.05, 3.63) is 39.9 Å². The zero-order valence-electron chi connectivity index (χ0n) is 7.79. The van der Waals surface area contributed by atoms with Crippen LogP contribution < -0.4 is 5.43 Å². The van der Waals surface area contributed by atoms with Crippen LogP contribution in [0.1, 0.15) is 18.2 Å². The van der Waals surface area contributed by atoms with E-state index >= 15 is 0 Å². The summed E-state index contributed by atoms with van der Waals surface area (Å²) >= 11 is 0. The molecular weight excluding hydrogens is 164 g/mol. The Morgan fingerprint density at radius 1 is 1.46 bits per heavy atom. The molecule has 0 aromatic carbocycles. The van der Waals surface area contributed by atoms with Gasteiger partial charge in [-0.1, -0.05) is 6.92 Å². The molecule has 0 bridgehead atoms. The number of nitrogens with one attached hydrogen (secondary N) is 1. The predicted octanol–water partition coefficient (Wildman–Crippen LogP) is 1.50. The Hall–Kier alpha value is -1.51. The maximum Gasteiger partial charge on any atom is 0.186 e. The third-order valence-electron chi connectivity index (χ3n) is 2.20. The summed E-state index contributed by atoms with van der Waals surface area (Å²) in [5.41, 5.74) is 2.90. The SMILES string of the molecule is CCc1cn2cc(C)[nH]c2cc1=O. The number of aryl methyl sites for hydroxylation is 2. The minimum absolute atomic E-state index is 0.115. The largest absolute Gasteiger partial charge is 0.344 e. The van der Waals surface area contributed by atoms with E-state index in [-0.39, 0.29) is 5.43 Å². The van der Waals surface area contributed by atoms with E-state index in [9.17, 15) is 4.79 Å². The average molecular weight is 176 g/mol. The summed E-state index contributed by atoms with van der Waals surface area (Å²) < 4.78 is 1.95. The molecular formula is C10H12N2O. The van der Waals surface area contributed by atoms with Crippen molar-refractivity contribution in [1.29, 1.82) is 0 Å². The number of hydrogen-bond acceptors (Lipinski definition) is 1. The van der Waals surface area contributed by atoms with E-state index in [1.54, 1.807) is 6.07 Å². The van der Waals surface area contributed by atoms with Gasteiger partial charge in [0, 0.05) is 29.7 Å². The third-order valence-corrected chi connectivity index (χ3v) is 2.20. The normalized spacial score (nSPS) is 10.9. The van der Waals surface area contributed by atoms with Gasteiger partial charge in [-0.25, -0.2) is 0 Å². The maximum atomic E-state index is 11.4. The van der Waals surface area contributed by atoms with Crippen molar-refractivity contribution in [2.45, 2.75) is 20.3 Å². The van der Waals surface area contributed by atoms with Crippen LogP contribution in [0.5, 0.6) is 0 Å². The maximum absolute atomic E-state index is 11.4. The number of fused-ring (bicyclic) bond motifs is 1. The fraction of sp³-hybridized carbons (Fsp3) is 0.300. The van der Waals surface area contributed by atoms with Gasteiger partial charge in [-0.3, -0.25) is 4.79 Å². The standard InChI is InChI=1S/C10H12N2O/c1-3-8-6-12-5-7(2)11-10(12)4-9(8)13/h4-6,11H,3H2,1-2H3. The highest BCUT2D eigenvalue weighted by Crippen LogP contribution is 2.03. The molecule has 0 saturated carbocycles. The topological polar surface area (TPSA) is 37.3 Å². The van der Waals surface area contributed by atoms with Crippen LogP contribution in [0.4, 0.5) is 0 Å². The van der Waals surface area contributed by atoms with Gasteiger partial charge in [0.25, 0.3) is 0 Å². The predicted molar refractivity (Wildman–Crippen MR) is 52.1 cm³/mol. The van der Waals surface area contributed by atoms with Crippen LogP contribution in [0.3, 0.4) is 0 Å². The summed E-state index contributed by atoms with van der Waals surface area (Å²) in [6, 6.07) is 1.64. The molecule has 13 heavy (non-hydrogen) atoms. The number of pyridine rings is 1. The second-order valence-corrected chi connectivity index (χ2v) is 3.25. The van der Waals surface area contributed by atoms with Crippen LogP contribution in [-0.4, -0.2) is 9.38 Å². The number of aromatic nitrogens is 2. The molecule has 68 valence electrons. The van der Waals surface area contributed by atoms with Crippen LogP contribution in [0.15, 0.2) is 23.3 Å². The van der Waals surface area contributed by atoms with Gasteiger partial charge in [-0.15, -0.1) is 0 Å². The molecule has 0 aliphatic rings. The first kappa shape index (κ1) is 8.10. The monoisotopic (exact) mass is 176 g/mol. The lowest BCUT2D eigenvalue weighted by atomic mass is 10.2. The highest BCUT2D eigenvalue weighted by atomic mass is 16.1. The summed E-state index contributed by atoms with van der Waals surface area (Å²) in [6.45, 7) is 3.96. The highest BCUT2D eigenvalue weighted by molar-refractivity contribution is 5.41. The molecule has 2 aromatic heterocycles. The lowest BCUT2D eigenvalue weighted by molar-refractivity contribution is 1.05. The summed E-state index contributed by atoms with van der Waals surface area (Å²) in [6.07, 6.45) is 4.65. The molecule has 0 atom stereocenters. The van der Waals surface area contributed by atoms with E-state index in [2.05, 4.69) is 4.98 Å². The Morgan fingerprint density at radius 2 is 2.23 bits per heavy atom. The van der Waals surface area contributed by atoms with Gasteiger partial charge in [0.05, 0.1) is 0 Å². The number of imidazole rings is 1. The van der Waals surface area contributed by atoms with Gasteiger partial charge in [0.2, 0.25) is 0 Å². The fourth-order valence-corrected chi connectivity index (χ4v) is 1.51. The number of nitrogens with zero attached hydrogens (tertiary/aromatic N) is 1. The van der Waals surface area contributed by atoms with Crippen molar-refractivity contribution < 1.29 is 0 Å². The smallest absolute Gasteiger partial charge is 0.186 e. The third kappa shape index (κ3) is 1.26. The van der Waals surface area contributed by atoms with E-state index in [4.69, 9.17) is 0 Å². The Labute approximate surface area is 76.0 Å². The minimum atomic E-state index is 0.115. The highest BCUT2D eigenvalue weighted by Gasteiger charge is 2.00. The van der Waals surface area contributed by atoms with Crippen molar-refractivity contribution in [3.8, 4) is 0 Å². The van der Waals surface area contributed by atoms with Gasteiger partial charge >= 0.3 is 0 Å². The molecule has 0 fully saturated rings. The van der Waals surface area contributed by atoms with Crippen molar-refractivity contribution in [2.24, 2.45) is 0 Å². The zero-order chi connectivity index (χ0) is 9.42. The number of rotatable bonds is 1. The first-order valence-corrected chi connectivity index (χ1v) is 4.41. The number of H-pyrrole nitrogens is 1. The quantitative estimate of drug-likeness (QED) is 0.702. The Balaban J connectivity index is 2.80. The van der Waals surface area contributed by atoms with Crippen molar-refractivity contribution >= 4 is 5.65 Å². The number of hydrogen-bond donors (Lipinski definition) is 1. The summed E-state index contributed by atoms with van der Waals surface area (Å²) in [5, 5.41) is 0. The average Bonchev–Trinajstić information content (AvgIpc) is 2.42. The molecule has 2 heterocycles. The molecule has 0 radical (unpaired) electrons. The molecule has 2 rings (SSSR count). The second-order valence-electron chi connectivity index (χ2n) is 3.25. The second kappa shape index (κ2) is 2.76. The van der Waals surface area contributed by atoms with Gasteiger partial charge in [-0.05, 0) is 13.3 Å². The van der Waals surface area contributed by atoms with Crippen molar-refractivity contribution in [1.82, 2.24) is 9.38 Å². The summed E-state index contributed by atoms with van der Waals surface area (Å²) in [4.78, 5) is 14.6. The molecule has 3 heteroatoms. The zero-order valence-corrected chi connectivity index (χ0v) is 7.79. The van der Waals surface area contributed by atoms with Gasteiger partial charge < -0.3 is 9.38 Å². The molecule has 0 aliphatic heterocycles. The molecule has 0 spiro atoms. The molecule has 1 N–H and O–H groups in total. The van der Waals surface area contributed by atoms with E-state index in [0.29, 0.717) is 0 Å². The fourth-order valence-electron chi connectivity index (χ4n) is 1.51. The Kier molecular flexibility index (Phi) is 1.72. The van der Waals surface area contributed by atoms with E-state index in [1.807, 2.05) is 30.6 Å². The van der Waals surface area contributed by atoms with Crippen LogP contribution in [0, 0.1) is 6.92 Å². The first-order valence-electron chi connectivity index (χ1n) is 4.41. The van der Waals surface area contributed by atoms with Crippen molar-refractivity contribution in [2.75, 3.05) is 0 Å². The van der Waals surface area contributed by atoms with E-state index < -0.39 is 0 Å². The first-order chi connectivity index (χ1) is 6.20. The Bertz CT molecular complexity index is 493. The lowest BCUT2D eigenvalue weighted by Gasteiger charge is -1.96. The van der Waals surface area contributed by atoms with Gasteiger partial charge in [0.15, 0.2) is 5.43 Å². The van der Waals surface area contributed by atoms with Crippen LogP contribution in [0.2, 0.25) is 0 Å². The lowest BCUT2D eigenvalue weighted by Crippen LogP contribution is -2.07. The molecule has 0 saturated heterocycles. The van der Waals surface area contributed by atoms with E-state index in [1.165, 1.54) is 0 Å². The summed E-state index contributed by atoms with van der Waals surface area (Å²) in [5.74, 6) is 0. The van der Waals surface area contributed by atoms with Crippen LogP contribution in [0.25, 0.3) is 5.65 Å².